The van der Waals surface area contributed by atoms with E-state index in [1.54, 1.807) is 0 Å². The third kappa shape index (κ3) is 4.75. The molecule has 2 aliphatic heterocycles. The molecular formula is C22H31N5O5S. The number of anilines is 1. The molecular weight excluding hydrogens is 446 g/mol. The molecule has 1 aromatic rings. The minimum atomic E-state index is -3.60. The average Bonchev–Trinajstić information content (AvgIpc) is 3.03. The maximum absolute atomic E-state index is 12.9. The molecule has 4 amide bonds. The van der Waals surface area contributed by atoms with Crippen LogP contribution < -0.4 is 10.6 Å². The molecule has 10 nitrogen and oxygen atoms in total. The Bertz CT molecular complexity index is 1010. The minimum Gasteiger partial charge on any atom is -0.325 e. The summed E-state index contributed by atoms with van der Waals surface area (Å²) in [5, 5.41) is 5.43. The Hall–Kier alpha value is -2.50. The number of amides is 4. The summed E-state index contributed by atoms with van der Waals surface area (Å²) in [5.41, 5.74) is -0.469. The Labute approximate surface area is 194 Å². The average molecular weight is 478 g/mol. The third-order valence-corrected chi connectivity index (χ3v) is 8.72. The lowest BCUT2D eigenvalue weighted by atomic mass is 9.82. The van der Waals surface area contributed by atoms with Gasteiger partial charge in [-0.15, -0.1) is 0 Å². The lowest BCUT2D eigenvalue weighted by Crippen LogP contribution is -2.48. The molecule has 3 fully saturated rings. The van der Waals surface area contributed by atoms with Gasteiger partial charge >= 0.3 is 6.03 Å². The van der Waals surface area contributed by atoms with Crippen molar-refractivity contribution in [3.63, 3.8) is 0 Å². The van der Waals surface area contributed by atoms with Gasteiger partial charge in [0.2, 0.25) is 15.9 Å². The lowest BCUT2D eigenvalue weighted by molar-refractivity contribution is -0.134. The molecule has 1 saturated carbocycles. The Morgan fingerprint density at radius 3 is 2.27 bits per heavy atom. The molecule has 2 heterocycles. The second kappa shape index (κ2) is 9.40. The number of sulfonamides is 1. The third-order valence-electron chi connectivity index (χ3n) is 6.81. The van der Waals surface area contributed by atoms with E-state index in [0.717, 1.165) is 30.7 Å². The first-order valence-electron chi connectivity index (χ1n) is 11.5. The Morgan fingerprint density at radius 2 is 1.67 bits per heavy atom. The first kappa shape index (κ1) is 23.7. The van der Waals surface area contributed by atoms with Crippen molar-refractivity contribution in [2.24, 2.45) is 0 Å². The van der Waals surface area contributed by atoms with Crippen molar-refractivity contribution in [3.8, 4) is 0 Å². The van der Waals surface area contributed by atoms with Gasteiger partial charge in [0, 0.05) is 31.9 Å². The van der Waals surface area contributed by atoms with Gasteiger partial charge in [-0.05, 0) is 43.7 Å². The number of rotatable bonds is 6. The number of likely N-dealkylation sites (N-methyl/N-ethyl adjacent to an activating group) is 1. The molecule has 0 aromatic heterocycles. The summed E-state index contributed by atoms with van der Waals surface area (Å²) < 4.78 is 27.3. The highest BCUT2D eigenvalue weighted by Crippen LogP contribution is 2.33. The molecule has 180 valence electrons. The SMILES string of the molecule is CCN1CCN(S(=O)(=O)c2ccc(NC(=O)CN3C(=O)NC4(CCCCC4)C3=O)cc2)CC1. The molecule has 1 spiro atoms. The van der Waals surface area contributed by atoms with E-state index in [9.17, 15) is 22.8 Å². The first-order chi connectivity index (χ1) is 15.7. The van der Waals surface area contributed by atoms with Gasteiger partial charge in [0.15, 0.2) is 0 Å². The number of imide groups is 1. The monoisotopic (exact) mass is 477 g/mol. The van der Waals surface area contributed by atoms with E-state index in [1.165, 1.54) is 28.6 Å². The van der Waals surface area contributed by atoms with Crippen LogP contribution in [-0.2, 0) is 19.6 Å². The smallest absolute Gasteiger partial charge is 0.325 e. The number of hydrogen-bond acceptors (Lipinski definition) is 6. The zero-order valence-electron chi connectivity index (χ0n) is 18.9. The van der Waals surface area contributed by atoms with Gasteiger partial charge < -0.3 is 15.5 Å². The van der Waals surface area contributed by atoms with Crippen LogP contribution in [0.2, 0.25) is 0 Å². The fraction of sp³-hybridized carbons (Fsp3) is 0.591. The summed E-state index contributed by atoms with van der Waals surface area (Å²) in [7, 11) is -3.60. The molecule has 33 heavy (non-hydrogen) atoms. The van der Waals surface area contributed by atoms with E-state index < -0.39 is 27.5 Å². The first-order valence-corrected chi connectivity index (χ1v) is 13.0. The fourth-order valence-electron chi connectivity index (χ4n) is 4.80. The molecule has 3 aliphatic rings. The van der Waals surface area contributed by atoms with Crippen LogP contribution in [0, 0.1) is 0 Å². The number of piperazine rings is 1. The van der Waals surface area contributed by atoms with Crippen molar-refractivity contribution in [3.05, 3.63) is 24.3 Å². The Kier molecular flexibility index (Phi) is 6.73. The van der Waals surface area contributed by atoms with Crippen molar-refractivity contribution in [2.45, 2.75) is 49.5 Å². The van der Waals surface area contributed by atoms with Crippen LogP contribution in [0.4, 0.5) is 10.5 Å². The lowest BCUT2D eigenvalue weighted by Gasteiger charge is -2.33. The summed E-state index contributed by atoms with van der Waals surface area (Å²) in [6.07, 6.45) is 3.97. The molecule has 1 aromatic carbocycles. The maximum Gasteiger partial charge on any atom is 0.325 e. The normalized spacial score (nSPS) is 21.9. The number of nitrogens with one attached hydrogen (secondary N) is 2. The molecule has 0 bridgehead atoms. The molecule has 0 atom stereocenters. The van der Waals surface area contributed by atoms with Crippen molar-refractivity contribution < 1.29 is 22.8 Å². The van der Waals surface area contributed by atoms with Gasteiger partial charge in [-0.2, -0.15) is 4.31 Å². The molecule has 2 N–H and O–H groups in total. The molecule has 0 radical (unpaired) electrons. The zero-order chi connectivity index (χ0) is 23.6. The van der Waals surface area contributed by atoms with E-state index in [0.29, 0.717) is 44.7 Å². The standard InChI is InChI=1S/C22H31N5O5S/c1-2-25-12-14-26(15-13-25)33(31,32)18-8-6-17(7-9-18)23-19(28)16-27-20(29)22(24-21(27)30)10-4-3-5-11-22/h6-9H,2-5,10-16H2,1H3,(H,23,28)(H,24,30). The molecule has 4 rings (SSSR count). The predicted octanol–water partition coefficient (Wildman–Crippen LogP) is 1.21. The molecule has 0 unspecified atom stereocenters. The van der Waals surface area contributed by atoms with Crippen molar-refractivity contribution >= 4 is 33.6 Å². The molecule has 11 heteroatoms. The quantitative estimate of drug-likeness (QED) is 0.595. The van der Waals surface area contributed by atoms with Crippen LogP contribution in [-0.4, -0.2) is 85.2 Å². The number of carbonyl (C=O) groups excluding carboxylic acids is 3. The van der Waals surface area contributed by atoms with Gasteiger partial charge in [-0.3, -0.25) is 14.5 Å². The topological polar surface area (TPSA) is 119 Å². The van der Waals surface area contributed by atoms with Gasteiger partial charge in [-0.1, -0.05) is 26.2 Å². The van der Waals surface area contributed by atoms with Crippen LogP contribution >= 0.6 is 0 Å². The number of benzene rings is 1. The van der Waals surface area contributed by atoms with E-state index >= 15 is 0 Å². The zero-order valence-corrected chi connectivity index (χ0v) is 19.7. The maximum atomic E-state index is 12.9. The number of nitrogens with zero attached hydrogens (tertiary/aromatic N) is 3. The minimum absolute atomic E-state index is 0.166. The van der Waals surface area contributed by atoms with E-state index in [1.807, 2.05) is 0 Å². The number of urea groups is 1. The van der Waals surface area contributed by atoms with Gasteiger partial charge in [0.1, 0.15) is 12.1 Å². The second-order valence-electron chi connectivity index (χ2n) is 8.88. The number of hydrogen-bond donors (Lipinski definition) is 2. The van der Waals surface area contributed by atoms with E-state index in [2.05, 4.69) is 22.5 Å². The number of carbonyl (C=O) groups is 3. The largest absolute Gasteiger partial charge is 0.325 e. The predicted molar refractivity (Wildman–Crippen MR) is 122 cm³/mol. The van der Waals surface area contributed by atoms with Crippen molar-refractivity contribution in [2.75, 3.05) is 44.6 Å². The molecule has 1 aliphatic carbocycles. The van der Waals surface area contributed by atoms with Gasteiger partial charge in [-0.25, -0.2) is 13.2 Å². The van der Waals surface area contributed by atoms with Crippen LogP contribution in [0.3, 0.4) is 0 Å². The Morgan fingerprint density at radius 1 is 1.03 bits per heavy atom. The highest BCUT2D eigenvalue weighted by molar-refractivity contribution is 7.89. The Balaban J connectivity index is 1.36. The van der Waals surface area contributed by atoms with E-state index in [-0.39, 0.29) is 17.3 Å². The summed E-state index contributed by atoms with van der Waals surface area (Å²) in [4.78, 5) is 41.0. The summed E-state index contributed by atoms with van der Waals surface area (Å²) >= 11 is 0. The van der Waals surface area contributed by atoms with E-state index in [4.69, 9.17) is 0 Å². The highest BCUT2D eigenvalue weighted by atomic mass is 32.2. The van der Waals surface area contributed by atoms with Crippen LogP contribution in [0.5, 0.6) is 0 Å². The van der Waals surface area contributed by atoms with Crippen LogP contribution in [0.15, 0.2) is 29.2 Å². The van der Waals surface area contributed by atoms with Gasteiger partial charge in [0.05, 0.1) is 4.90 Å². The summed E-state index contributed by atoms with van der Waals surface area (Å²) in [6.45, 7) is 4.87. The van der Waals surface area contributed by atoms with Gasteiger partial charge in [0.25, 0.3) is 5.91 Å². The molecule has 2 saturated heterocycles. The van der Waals surface area contributed by atoms with Crippen LogP contribution in [0.1, 0.15) is 39.0 Å². The summed E-state index contributed by atoms with van der Waals surface area (Å²) in [5.74, 6) is -0.857. The second-order valence-corrected chi connectivity index (χ2v) is 10.8. The highest BCUT2D eigenvalue weighted by Gasteiger charge is 2.51. The fourth-order valence-corrected chi connectivity index (χ4v) is 6.23. The van der Waals surface area contributed by atoms with Crippen molar-refractivity contribution in [1.29, 1.82) is 0 Å². The van der Waals surface area contributed by atoms with Crippen molar-refractivity contribution in [1.82, 2.24) is 19.4 Å². The summed E-state index contributed by atoms with van der Waals surface area (Å²) in [6, 6.07) is 5.41. The van der Waals surface area contributed by atoms with Crippen LogP contribution in [0.25, 0.3) is 0 Å².